The highest BCUT2D eigenvalue weighted by molar-refractivity contribution is 5.99. The third-order valence-electron chi connectivity index (χ3n) is 6.05. The molecule has 1 heterocycles. The van der Waals surface area contributed by atoms with Gasteiger partial charge in [-0.05, 0) is 42.3 Å². The lowest BCUT2D eigenvalue weighted by molar-refractivity contribution is -0.129. The quantitative estimate of drug-likeness (QED) is 0.574. The molecule has 0 bridgehead atoms. The van der Waals surface area contributed by atoms with E-state index in [1.807, 2.05) is 49.9 Å². The van der Waals surface area contributed by atoms with Crippen LogP contribution in [-0.4, -0.2) is 36.3 Å². The number of rotatable bonds is 8. The van der Waals surface area contributed by atoms with Crippen molar-refractivity contribution in [2.75, 3.05) is 24.3 Å². The second kappa shape index (κ2) is 10.7. The molecule has 1 fully saturated rings. The first-order valence-corrected chi connectivity index (χ1v) is 11.8. The number of anilines is 2. The summed E-state index contributed by atoms with van der Waals surface area (Å²) in [6.45, 7) is 8.22. The second-order valence-electron chi connectivity index (χ2n) is 9.74. The molecule has 2 N–H and O–H groups in total. The molecule has 2 atom stereocenters. The van der Waals surface area contributed by atoms with Crippen LogP contribution in [0.1, 0.15) is 58.6 Å². The molecular weight excluding hydrogens is 430 g/mol. The van der Waals surface area contributed by atoms with Crippen LogP contribution in [-0.2, 0) is 14.4 Å². The highest BCUT2D eigenvalue weighted by Crippen LogP contribution is 2.39. The van der Waals surface area contributed by atoms with E-state index in [9.17, 15) is 14.4 Å². The largest absolute Gasteiger partial charge is 0.497 e. The van der Waals surface area contributed by atoms with Crippen LogP contribution in [0.25, 0.3) is 0 Å². The Morgan fingerprint density at radius 2 is 1.71 bits per heavy atom. The summed E-state index contributed by atoms with van der Waals surface area (Å²) in [4.78, 5) is 40.4. The van der Waals surface area contributed by atoms with E-state index in [1.54, 1.807) is 31.4 Å². The molecule has 34 heavy (non-hydrogen) atoms. The van der Waals surface area contributed by atoms with Crippen LogP contribution in [0.5, 0.6) is 5.75 Å². The lowest BCUT2D eigenvalue weighted by atomic mass is 9.92. The van der Waals surface area contributed by atoms with Crippen LogP contribution in [0.4, 0.5) is 11.4 Å². The van der Waals surface area contributed by atoms with Gasteiger partial charge in [0.1, 0.15) is 5.75 Å². The molecule has 3 rings (SSSR count). The lowest BCUT2D eigenvalue weighted by Crippen LogP contribution is -2.33. The number of benzene rings is 2. The van der Waals surface area contributed by atoms with Crippen LogP contribution >= 0.6 is 0 Å². The van der Waals surface area contributed by atoms with Crippen LogP contribution in [0.2, 0.25) is 0 Å². The molecule has 0 saturated carbocycles. The number of ether oxygens (including phenoxy) is 1. The minimum Gasteiger partial charge on any atom is -0.497 e. The zero-order chi connectivity index (χ0) is 24.9. The van der Waals surface area contributed by atoms with Crippen molar-refractivity contribution >= 4 is 29.1 Å². The van der Waals surface area contributed by atoms with Gasteiger partial charge < -0.3 is 20.3 Å². The fourth-order valence-electron chi connectivity index (χ4n) is 4.06. The number of nitrogens with zero attached hydrogens (tertiary/aromatic N) is 1. The molecule has 0 aromatic heterocycles. The molecule has 2 aromatic carbocycles. The Morgan fingerprint density at radius 3 is 2.29 bits per heavy atom. The van der Waals surface area contributed by atoms with E-state index in [4.69, 9.17) is 4.74 Å². The summed E-state index contributed by atoms with van der Waals surface area (Å²) < 4.78 is 5.27. The molecule has 0 aliphatic carbocycles. The predicted octanol–water partition coefficient (Wildman–Crippen LogP) is 5.01. The van der Waals surface area contributed by atoms with E-state index in [0.717, 1.165) is 24.2 Å². The molecule has 0 radical (unpaired) electrons. The van der Waals surface area contributed by atoms with Gasteiger partial charge in [0.2, 0.25) is 17.7 Å². The van der Waals surface area contributed by atoms with Gasteiger partial charge in [0, 0.05) is 29.8 Å². The van der Waals surface area contributed by atoms with Gasteiger partial charge in [-0.1, -0.05) is 52.3 Å². The number of nitrogens with one attached hydrogen (secondary N) is 2. The fraction of sp³-hybridized carbons (Fsp3) is 0.444. The van der Waals surface area contributed by atoms with E-state index in [1.165, 1.54) is 0 Å². The first-order chi connectivity index (χ1) is 16.1. The molecule has 1 saturated heterocycles. The van der Waals surface area contributed by atoms with E-state index in [2.05, 4.69) is 17.6 Å². The number of hydrogen-bond donors (Lipinski definition) is 2. The number of hydrogen-bond acceptors (Lipinski definition) is 4. The van der Waals surface area contributed by atoms with Gasteiger partial charge in [-0.3, -0.25) is 14.4 Å². The Labute approximate surface area is 201 Å². The van der Waals surface area contributed by atoms with E-state index in [0.29, 0.717) is 17.9 Å². The molecule has 3 amide bonds. The highest BCUT2D eigenvalue weighted by atomic mass is 16.5. The molecule has 0 spiro atoms. The third-order valence-corrected chi connectivity index (χ3v) is 6.05. The van der Waals surface area contributed by atoms with Crippen molar-refractivity contribution < 1.29 is 19.1 Å². The summed E-state index contributed by atoms with van der Waals surface area (Å²) in [6.07, 6.45) is 2.00. The summed E-state index contributed by atoms with van der Waals surface area (Å²) in [5.41, 5.74) is 1.56. The number of amides is 3. The Balaban J connectivity index is 1.82. The zero-order valence-electron chi connectivity index (χ0n) is 20.7. The van der Waals surface area contributed by atoms with Gasteiger partial charge in [0.05, 0.1) is 19.1 Å². The van der Waals surface area contributed by atoms with Gasteiger partial charge in [-0.2, -0.15) is 0 Å². The average molecular weight is 466 g/mol. The number of carbonyl (C=O) groups excluding carboxylic acids is 3. The Morgan fingerprint density at radius 1 is 1.06 bits per heavy atom. The number of unbranched alkanes of at least 4 members (excludes halogenated alkanes) is 1. The van der Waals surface area contributed by atoms with E-state index >= 15 is 0 Å². The SMILES string of the molecule is CCCCN1C(=O)C[C@@H](C(=O)Nc2cccc(NC(=O)C(C)(C)C)c2)[C@H]1c1ccc(OC)cc1. The van der Waals surface area contributed by atoms with Gasteiger partial charge in [-0.25, -0.2) is 0 Å². The van der Waals surface area contributed by atoms with Crippen molar-refractivity contribution in [3.8, 4) is 5.75 Å². The molecule has 182 valence electrons. The summed E-state index contributed by atoms with van der Waals surface area (Å²) in [6, 6.07) is 14.3. The van der Waals surface area contributed by atoms with Crippen LogP contribution < -0.4 is 15.4 Å². The molecule has 7 nitrogen and oxygen atoms in total. The predicted molar refractivity (Wildman–Crippen MR) is 134 cm³/mol. The topological polar surface area (TPSA) is 87.7 Å². The van der Waals surface area contributed by atoms with Crippen molar-refractivity contribution in [1.82, 2.24) is 4.90 Å². The zero-order valence-corrected chi connectivity index (χ0v) is 20.7. The summed E-state index contributed by atoms with van der Waals surface area (Å²) in [5, 5.41) is 5.85. The second-order valence-corrected chi connectivity index (χ2v) is 9.74. The van der Waals surface area contributed by atoms with Crippen LogP contribution in [0.15, 0.2) is 48.5 Å². The Hall–Kier alpha value is -3.35. The normalized spacial score (nSPS) is 18.0. The van der Waals surface area contributed by atoms with Gasteiger partial charge in [0.25, 0.3) is 0 Å². The molecule has 0 unspecified atom stereocenters. The van der Waals surface area contributed by atoms with Crippen molar-refractivity contribution in [3.05, 3.63) is 54.1 Å². The number of methoxy groups -OCH3 is 1. The van der Waals surface area contributed by atoms with Gasteiger partial charge in [-0.15, -0.1) is 0 Å². The van der Waals surface area contributed by atoms with Crippen molar-refractivity contribution in [1.29, 1.82) is 0 Å². The summed E-state index contributed by atoms with van der Waals surface area (Å²) in [7, 11) is 1.61. The maximum atomic E-state index is 13.4. The van der Waals surface area contributed by atoms with Crippen LogP contribution in [0.3, 0.4) is 0 Å². The van der Waals surface area contributed by atoms with Gasteiger partial charge >= 0.3 is 0 Å². The molecule has 1 aliphatic heterocycles. The molecular formula is C27H35N3O4. The van der Waals surface area contributed by atoms with Crippen molar-refractivity contribution in [3.63, 3.8) is 0 Å². The summed E-state index contributed by atoms with van der Waals surface area (Å²) >= 11 is 0. The Kier molecular flexibility index (Phi) is 7.97. The smallest absolute Gasteiger partial charge is 0.230 e. The molecule has 2 aromatic rings. The maximum Gasteiger partial charge on any atom is 0.230 e. The monoisotopic (exact) mass is 465 g/mol. The fourth-order valence-corrected chi connectivity index (χ4v) is 4.06. The first kappa shape index (κ1) is 25.3. The number of likely N-dealkylation sites (tertiary alicyclic amines) is 1. The average Bonchev–Trinajstić information content (AvgIpc) is 3.13. The highest BCUT2D eigenvalue weighted by Gasteiger charge is 2.44. The number of carbonyl (C=O) groups is 3. The minimum atomic E-state index is -0.531. The molecule has 7 heteroatoms. The summed E-state index contributed by atoms with van der Waals surface area (Å²) in [5.74, 6) is -0.134. The third kappa shape index (κ3) is 5.95. The van der Waals surface area contributed by atoms with E-state index < -0.39 is 11.3 Å². The van der Waals surface area contributed by atoms with Crippen molar-refractivity contribution in [2.45, 2.75) is 53.0 Å². The molecule has 1 aliphatic rings. The van der Waals surface area contributed by atoms with Gasteiger partial charge in [0.15, 0.2) is 0 Å². The maximum absolute atomic E-state index is 13.4. The van der Waals surface area contributed by atoms with Crippen molar-refractivity contribution in [2.24, 2.45) is 11.3 Å². The standard InChI is InChI=1S/C27H35N3O4/c1-6-7-15-30-23(31)17-22(24(30)18-11-13-21(34-5)14-12-18)25(32)28-19-9-8-10-20(16-19)29-26(33)27(2,3)4/h8-14,16,22,24H,6-7,15,17H2,1-5H3,(H,28,32)(H,29,33)/t22-,24-/m1/s1. The first-order valence-electron chi connectivity index (χ1n) is 11.8. The minimum absolute atomic E-state index is 0.0133. The van der Waals surface area contributed by atoms with E-state index in [-0.39, 0.29) is 30.2 Å². The Bertz CT molecular complexity index is 1030. The lowest BCUT2D eigenvalue weighted by Gasteiger charge is -2.28. The van der Waals surface area contributed by atoms with Crippen LogP contribution in [0, 0.1) is 11.3 Å².